The molecular weight excluding hydrogens is 909 g/mol. The summed E-state index contributed by atoms with van der Waals surface area (Å²) in [5, 5.41) is 16.4. The van der Waals surface area contributed by atoms with Gasteiger partial charge in [0.15, 0.2) is 0 Å². The summed E-state index contributed by atoms with van der Waals surface area (Å²) in [6.45, 7) is 0. The molecule has 324 valence electrons. The van der Waals surface area contributed by atoms with E-state index in [1.165, 1.54) is 126 Å². The molecule has 0 saturated carbocycles. The molecule has 0 spiro atoms. The van der Waals surface area contributed by atoms with Gasteiger partial charge in [-0.3, -0.25) is 4.98 Å². The number of benzene rings is 10. The molecule has 17 rings (SSSR count). The van der Waals surface area contributed by atoms with Crippen LogP contribution in [0.25, 0.3) is 154 Å². The van der Waals surface area contributed by atoms with Crippen molar-refractivity contribution in [3.05, 3.63) is 206 Å². The van der Waals surface area contributed by atoms with Gasteiger partial charge in [0.1, 0.15) is 0 Å². The Morgan fingerprint density at radius 1 is 0.243 bits per heavy atom. The summed E-state index contributed by atoms with van der Waals surface area (Å²) in [5.41, 5.74) is 11.3. The minimum Gasteiger partial charge on any atom is -0.308 e. The van der Waals surface area contributed by atoms with E-state index in [0.29, 0.717) is 0 Å². The van der Waals surface area contributed by atoms with E-state index in [0.717, 1.165) is 28.0 Å². The van der Waals surface area contributed by atoms with Crippen molar-refractivity contribution in [1.29, 1.82) is 0 Å². The van der Waals surface area contributed by atoms with E-state index in [-0.39, 0.29) is 0 Å². The zero-order chi connectivity index (χ0) is 45.3. The largest absolute Gasteiger partial charge is 0.308 e. The maximum Gasteiger partial charge on any atom is 0.0745 e. The maximum absolute atomic E-state index is 5.28. The minimum absolute atomic E-state index is 0.937. The second-order valence-electron chi connectivity index (χ2n) is 18.6. The van der Waals surface area contributed by atoms with Gasteiger partial charge in [0, 0.05) is 104 Å². The number of pyridine rings is 1. The molecule has 0 unspecified atom stereocenters. The van der Waals surface area contributed by atoms with E-state index in [1.807, 2.05) is 40.2 Å². The lowest BCUT2D eigenvalue weighted by Crippen LogP contribution is -2.05. The Labute approximate surface area is 410 Å². The van der Waals surface area contributed by atoms with Crippen molar-refractivity contribution in [3.8, 4) is 17.1 Å². The lowest BCUT2D eigenvalue weighted by Gasteiger charge is -2.19. The van der Waals surface area contributed by atoms with Crippen molar-refractivity contribution >= 4 is 171 Å². The number of hydrogen-bond acceptors (Lipinski definition) is 4. The van der Waals surface area contributed by atoms with Crippen LogP contribution in [0.5, 0.6) is 0 Å². The van der Waals surface area contributed by atoms with E-state index in [9.17, 15) is 0 Å². The summed E-state index contributed by atoms with van der Waals surface area (Å²) in [4.78, 5) is 5.28. The molecule has 0 amide bonds. The molecule has 7 heteroatoms. The van der Waals surface area contributed by atoms with Gasteiger partial charge < -0.3 is 13.7 Å². The molecule has 0 atom stereocenters. The van der Waals surface area contributed by atoms with Crippen molar-refractivity contribution in [3.63, 3.8) is 0 Å². The van der Waals surface area contributed by atoms with Gasteiger partial charge in [0.2, 0.25) is 0 Å². The highest BCUT2D eigenvalue weighted by molar-refractivity contribution is 7.26. The standard InChI is InChI=1S/C63H34N4S3/c1-7-19-49-35(13-1)41-27-44-38-16-4-10-22-58(38)68-61(44)32-53(41)65(49)52-25-26-64-48-31-57(67-51-21-9-3-15-37(51)43-29-46-40-18-6-12-24-60(40)70-63(46)34-55(43)67)56(30-47(48)52)66-50-20-8-2-14-36(50)42-28-45-39-17-5-11-23-59(39)69-62(45)33-54(42)66/h1-34H. The van der Waals surface area contributed by atoms with Gasteiger partial charge in [-0.1, -0.05) is 109 Å². The topological polar surface area (TPSA) is 27.7 Å². The van der Waals surface area contributed by atoms with Crippen LogP contribution < -0.4 is 0 Å². The number of thiophene rings is 3. The first-order valence-electron chi connectivity index (χ1n) is 23.7. The molecule has 0 saturated heterocycles. The van der Waals surface area contributed by atoms with E-state index >= 15 is 0 Å². The van der Waals surface area contributed by atoms with Gasteiger partial charge in [0.05, 0.1) is 55.7 Å². The molecule has 17 aromatic rings. The number of hydrogen-bond donors (Lipinski definition) is 0. The third-order valence-corrected chi connectivity index (χ3v) is 18.5. The summed E-state index contributed by atoms with van der Waals surface area (Å²) < 4.78 is 15.3. The van der Waals surface area contributed by atoms with Crippen LogP contribution in [0.15, 0.2) is 206 Å². The Balaban J connectivity index is 1.04. The highest BCUT2D eigenvalue weighted by atomic mass is 32.1. The van der Waals surface area contributed by atoms with Crippen molar-refractivity contribution in [2.75, 3.05) is 0 Å². The Morgan fingerprint density at radius 3 is 1.03 bits per heavy atom. The molecule has 0 radical (unpaired) electrons. The van der Waals surface area contributed by atoms with Crippen LogP contribution in [0.4, 0.5) is 0 Å². The van der Waals surface area contributed by atoms with Crippen molar-refractivity contribution in [2.45, 2.75) is 0 Å². The molecule has 70 heavy (non-hydrogen) atoms. The number of para-hydroxylation sites is 3. The third-order valence-electron chi connectivity index (χ3n) is 15.1. The predicted octanol–water partition coefficient (Wildman–Crippen LogP) is 18.6. The SMILES string of the molecule is c1ccc2c(c1)sc1cc3c(cc12)c1ccccc1n3-c1cc2nccc(-n3c4ccccc4c4cc5c(cc43)sc3ccccc35)c2cc1-n1c2ccccc2c2cc3c(cc21)sc1ccccc13. The number of nitrogens with zero attached hydrogens (tertiary/aromatic N) is 4. The van der Waals surface area contributed by atoms with E-state index < -0.39 is 0 Å². The second-order valence-corrected chi connectivity index (χ2v) is 21.9. The van der Waals surface area contributed by atoms with Crippen molar-refractivity contribution < 1.29 is 0 Å². The maximum atomic E-state index is 5.28. The number of aromatic nitrogens is 4. The monoisotopic (exact) mass is 942 g/mol. The van der Waals surface area contributed by atoms with Crippen molar-refractivity contribution in [1.82, 2.24) is 18.7 Å². The summed E-state index contributed by atoms with van der Waals surface area (Å²) in [6.07, 6.45) is 2.00. The number of rotatable bonds is 3. The zero-order valence-corrected chi connectivity index (χ0v) is 39.6. The van der Waals surface area contributed by atoms with Gasteiger partial charge in [-0.25, -0.2) is 0 Å². The molecule has 7 aromatic heterocycles. The highest BCUT2D eigenvalue weighted by Crippen LogP contribution is 2.47. The van der Waals surface area contributed by atoms with Crippen LogP contribution in [0, 0.1) is 0 Å². The average Bonchev–Trinajstić information content (AvgIpc) is 4.25. The van der Waals surface area contributed by atoms with Crippen molar-refractivity contribution in [2.24, 2.45) is 0 Å². The fourth-order valence-electron chi connectivity index (χ4n) is 12.1. The lowest BCUT2D eigenvalue weighted by atomic mass is 10.1. The normalized spacial score (nSPS) is 12.6. The zero-order valence-electron chi connectivity index (χ0n) is 37.1. The smallest absolute Gasteiger partial charge is 0.0745 e. The van der Waals surface area contributed by atoms with Crippen LogP contribution in [0.1, 0.15) is 0 Å². The molecule has 0 aliphatic rings. The van der Waals surface area contributed by atoms with Gasteiger partial charge in [-0.15, -0.1) is 34.0 Å². The molecule has 7 heterocycles. The first-order chi connectivity index (χ1) is 34.7. The van der Waals surface area contributed by atoms with Crippen LogP contribution in [-0.4, -0.2) is 18.7 Å². The van der Waals surface area contributed by atoms with Crippen LogP contribution in [0.2, 0.25) is 0 Å². The van der Waals surface area contributed by atoms with E-state index in [1.54, 1.807) is 0 Å². The molecular formula is C63H34N4S3. The van der Waals surface area contributed by atoms with E-state index in [4.69, 9.17) is 4.98 Å². The lowest BCUT2D eigenvalue weighted by molar-refractivity contribution is 1.10. The first-order valence-corrected chi connectivity index (χ1v) is 26.1. The van der Waals surface area contributed by atoms with Crippen LogP contribution in [0.3, 0.4) is 0 Å². The highest BCUT2D eigenvalue weighted by Gasteiger charge is 2.25. The Morgan fingerprint density at radius 2 is 0.600 bits per heavy atom. The minimum atomic E-state index is 0.937. The average molecular weight is 943 g/mol. The Kier molecular flexibility index (Phi) is 7.35. The molecule has 4 nitrogen and oxygen atoms in total. The quantitative estimate of drug-likeness (QED) is 0.173. The molecule has 0 bridgehead atoms. The molecule has 10 aromatic carbocycles. The summed E-state index contributed by atoms with van der Waals surface area (Å²) >= 11 is 5.62. The summed E-state index contributed by atoms with van der Waals surface area (Å²) in [5.74, 6) is 0. The van der Waals surface area contributed by atoms with Crippen LogP contribution >= 0.6 is 34.0 Å². The predicted molar refractivity (Wildman–Crippen MR) is 303 cm³/mol. The Hall–Kier alpha value is -8.33. The fourth-order valence-corrected chi connectivity index (χ4v) is 15.4. The third kappa shape index (κ3) is 4.95. The summed E-state index contributed by atoms with van der Waals surface area (Å²) in [7, 11) is 0. The molecule has 0 aliphatic carbocycles. The molecule has 0 fully saturated rings. The fraction of sp³-hybridized carbons (Fsp3) is 0. The molecule has 0 N–H and O–H groups in total. The Bertz CT molecular complexity index is 5150. The van der Waals surface area contributed by atoms with Gasteiger partial charge >= 0.3 is 0 Å². The van der Waals surface area contributed by atoms with Gasteiger partial charge in [-0.05, 0) is 91.0 Å². The number of fused-ring (bicyclic) bond motifs is 19. The van der Waals surface area contributed by atoms with Gasteiger partial charge in [0.25, 0.3) is 0 Å². The second kappa shape index (κ2) is 13.7. The van der Waals surface area contributed by atoms with E-state index in [2.05, 4.69) is 214 Å². The van der Waals surface area contributed by atoms with Crippen LogP contribution in [-0.2, 0) is 0 Å². The first kappa shape index (κ1) is 37.6. The van der Waals surface area contributed by atoms with Gasteiger partial charge in [-0.2, -0.15) is 0 Å². The summed E-state index contributed by atoms with van der Waals surface area (Å²) in [6, 6.07) is 75.0. The molecule has 0 aliphatic heterocycles.